The molecule has 0 spiro atoms. The van der Waals surface area contributed by atoms with Crippen LogP contribution in [-0.2, 0) is 14.3 Å². The molecule has 130 valence electrons. The number of carbonyl (C=O) groups is 2. The fraction of sp³-hybridized carbons (Fsp3) is 0.714. The van der Waals surface area contributed by atoms with E-state index in [1.807, 2.05) is 13.0 Å². The predicted molar refractivity (Wildman–Crippen MR) is 92.2 cm³/mol. The fourth-order valence-corrected chi connectivity index (χ4v) is 6.26. The van der Waals surface area contributed by atoms with Crippen molar-refractivity contribution in [3.8, 4) is 0 Å². The highest BCUT2D eigenvalue weighted by atomic mass is 16.5. The van der Waals surface area contributed by atoms with Crippen molar-refractivity contribution in [3.63, 3.8) is 0 Å². The standard InChI is InChI=1S/C21H28O3/c1-4-24-13-7-9-20(2)16-8-10-21(3)15(5-6-19(21)23)14(16)12-18(22)17(20)11-13/h7,11,14-16H,4-6,8-10,12H2,1-3H3/t14-,15-,16-,20+,21-/m0/s1. The van der Waals surface area contributed by atoms with E-state index >= 15 is 0 Å². The quantitative estimate of drug-likeness (QED) is 0.762. The molecule has 3 heteroatoms. The van der Waals surface area contributed by atoms with E-state index in [-0.39, 0.29) is 16.6 Å². The highest BCUT2D eigenvalue weighted by Gasteiger charge is 2.60. The Morgan fingerprint density at radius 3 is 2.67 bits per heavy atom. The molecular formula is C21H28O3. The van der Waals surface area contributed by atoms with Gasteiger partial charge in [0.2, 0.25) is 0 Å². The molecule has 0 unspecified atom stereocenters. The van der Waals surface area contributed by atoms with Gasteiger partial charge in [0.1, 0.15) is 11.5 Å². The zero-order valence-electron chi connectivity index (χ0n) is 15.1. The van der Waals surface area contributed by atoms with Crippen LogP contribution in [0.3, 0.4) is 0 Å². The van der Waals surface area contributed by atoms with Gasteiger partial charge >= 0.3 is 0 Å². The minimum absolute atomic E-state index is 0.0758. The molecule has 3 fully saturated rings. The van der Waals surface area contributed by atoms with Crippen molar-refractivity contribution in [2.24, 2.45) is 28.6 Å². The first kappa shape index (κ1) is 16.1. The Balaban J connectivity index is 1.69. The summed E-state index contributed by atoms with van der Waals surface area (Å²) in [6.07, 6.45) is 9.44. The van der Waals surface area contributed by atoms with Crippen molar-refractivity contribution in [1.82, 2.24) is 0 Å². The first-order chi connectivity index (χ1) is 11.4. The first-order valence-corrected chi connectivity index (χ1v) is 9.52. The van der Waals surface area contributed by atoms with Crippen LogP contribution in [0.25, 0.3) is 0 Å². The second-order valence-corrected chi connectivity index (χ2v) is 8.64. The van der Waals surface area contributed by atoms with Crippen molar-refractivity contribution >= 4 is 11.6 Å². The second kappa shape index (κ2) is 5.31. The van der Waals surface area contributed by atoms with Crippen molar-refractivity contribution in [2.75, 3.05) is 6.61 Å². The Kier molecular flexibility index (Phi) is 3.56. The van der Waals surface area contributed by atoms with Gasteiger partial charge in [-0.25, -0.2) is 0 Å². The summed E-state index contributed by atoms with van der Waals surface area (Å²) >= 11 is 0. The average molecular weight is 328 g/mol. The molecule has 0 aromatic rings. The lowest BCUT2D eigenvalue weighted by atomic mass is 9.47. The summed E-state index contributed by atoms with van der Waals surface area (Å²) in [4.78, 5) is 25.4. The highest BCUT2D eigenvalue weighted by molar-refractivity contribution is 5.99. The first-order valence-electron chi connectivity index (χ1n) is 9.52. The summed E-state index contributed by atoms with van der Waals surface area (Å²) in [6.45, 7) is 7.04. The van der Waals surface area contributed by atoms with E-state index in [1.54, 1.807) is 0 Å². The number of hydrogen-bond acceptors (Lipinski definition) is 3. The molecule has 4 aliphatic carbocycles. The van der Waals surface area contributed by atoms with Crippen LogP contribution >= 0.6 is 0 Å². The monoisotopic (exact) mass is 328 g/mol. The van der Waals surface area contributed by atoms with Crippen molar-refractivity contribution in [1.29, 1.82) is 0 Å². The van der Waals surface area contributed by atoms with Crippen molar-refractivity contribution < 1.29 is 14.3 Å². The lowest BCUT2D eigenvalue weighted by Gasteiger charge is -2.55. The Morgan fingerprint density at radius 1 is 1.17 bits per heavy atom. The molecule has 4 rings (SSSR count). The molecule has 0 heterocycles. The summed E-state index contributed by atoms with van der Waals surface area (Å²) < 4.78 is 5.65. The van der Waals surface area contributed by atoms with Gasteiger partial charge in [0.15, 0.2) is 5.78 Å². The number of fused-ring (bicyclic) bond motifs is 5. The molecule has 0 N–H and O–H groups in total. The van der Waals surface area contributed by atoms with Crippen LogP contribution in [0.4, 0.5) is 0 Å². The molecule has 0 amide bonds. The maximum atomic E-state index is 13.0. The van der Waals surface area contributed by atoms with Crippen LogP contribution in [0.1, 0.15) is 59.3 Å². The Morgan fingerprint density at radius 2 is 1.92 bits per heavy atom. The number of carbonyl (C=O) groups excluding carboxylic acids is 2. The molecule has 3 nitrogen and oxygen atoms in total. The minimum atomic E-state index is -0.167. The Hall–Kier alpha value is -1.38. The minimum Gasteiger partial charge on any atom is -0.494 e. The van der Waals surface area contributed by atoms with Crippen LogP contribution in [0, 0.1) is 28.6 Å². The van der Waals surface area contributed by atoms with Crippen molar-refractivity contribution in [2.45, 2.75) is 59.3 Å². The SMILES string of the molecule is CCOC1=CC[C@@]2(C)C(=C1)C(=O)C[C@@H]1[C@@H]2CC[C@]2(C)C(=O)CC[C@@H]12. The van der Waals surface area contributed by atoms with E-state index in [0.29, 0.717) is 43.0 Å². The lowest BCUT2D eigenvalue weighted by molar-refractivity contribution is -0.137. The fourth-order valence-electron chi connectivity index (χ4n) is 6.26. The van der Waals surface area contributed by atoms with Crippen LogP contribution in [0.2, 0.25) is 0 Å². The Labute approximate surface area is 144 Å². The lowest BCUT2D eigenvalue weighted by Crippen LogP contribution is -2.52. The van der Waals surface area contributed by atoms with Crippen LogP contribution < -0.4 is 0 Å². The zero-order chi connectivity index (χ0) is 17.1. The summed E-state index contributed by atoms with van der Waals surface area (Å²) in [5, 5.41) is 0. The molecule has 0 aromatic heterocycles. The van der Waals surface area contributed by atoms with Gasteiger partial charge in [-0.05, 0) is 62.5 Å². The third-order valence-electron chi connectivity index (χ3n) is 7.63. The summed E-state index contributed by atoms with van der Waals surface area (Å²) in [5.41, 5.74) is 0.732. The van der Waals surface area contributed by atoms with Gasteiger partial charge in [-0.1, -0.05) is 13.8 Å². The second-order valence-electron chi connectivity index (χ2n) is 8.64. The number of Topliss-reactive ketones (excluding diaryl/α,β-unsaturated/α-hetero) is 2. The van der Waals surface area contributed by atoms with Crippen molar-refractivity contribution in [3.05, 3.63) is 23.5 Å². The molecule has 0 aliphatic heterocycles. The van der Waals surface area contributed by atoms with E-state index < -0.39 is 0 Å². The summed E-state index contributed by atoms with van der Waals surface area (Å²) in [7, 11) is 0. The van der Waals surface area contributed by atoms with E-state index in [9.17, 15) is 9.59 Å². The largest absolute Gasteiger partial charge is 0.494 e. The number of allylic oxidation sites excluding steroid dienone is 3. The molecule has 3 saturated carbocycles. The van der Waals surface area contributed by atoms with Gasteiger partial charge in [0.25, 0.3) is 0 Å². The van der Waals surface area contributed by atoms with Gasteiger partial charge in [0, 0.05) is 29.2 Å². The molecule has 4 aliphatic rings. The highest BCUT2D eigenvalue weighted by Crippen LogP contribution is 2.63. The maximum Gasteiger partial charge on any atom is 0.159 e. The van der Waals surface area contributed by atoms with Crippen LogP contribution in [-0.4, -0.2) is 18.2 Å². The zero-order valence-corrected chi connectivity index (χ0v) is 15.1. The molecule has 5 atom stereocenters. The molecule has 0 bridgehead atoms. The van der Waals surface area contributed by atoms with Crippen LogP contribution in [0.15, 0.2) is 23.5 Å². The summed E-state index contributed by atoms with van der Waals surface area (Å²) in [5.74, 6) is 2.88. The topological polar surface area (TPSA) is 43.4 Å². The number of hydrogen-bond donors (Lipinski definition) is 0. The summed E-state index contributed by atoms with van der Waals surface area (Å²) in [6, 6.07) is 0. The molecule has 0 aromatic carbocycles. The molecule has 0 saturated heterocycles. The van der Waals surface area contributed by atoms with Gasteiger partial charge < -0.3 is 4.74 Å². The van der Waals surface area contributed by atoms with Gasteiger partial charge in [-0.15, -0.1) is 0 Å². The number of ether oxygens (including phenoxy) is 1. The smallest absolute Gasteiger partial charge is 0.159 e. The molecular weight excluding hydrogens is 300 g/mol. The van der Waals surface area contributed by atoms with E-state index in [0.717, 1.165) is 37.0 Å². The number of rotatable bonds is 2. The third kappa shape index (κ3) is 2.02. The van der Waals surface area contributed by atoms with Crippen LogP contribution in [0.5, 0.6) is 0 Å². The maximum absolute atomic E-state index is 13.0. The van der Waals surface area contributed by atoms with Gasteiger partial charge in [-0.3, -0.25) is 9.59 Å². The van der Waals surface area contributed by atoms with Gasteiger partial charge in [-0.2, -0.15) is 0 Å². The number of ketones is 2. The predicted octanol–water partition coefficient (Wildman–Crippen LogP) is 4.23. The average Bonchev–Trinajstić information content (AvgIpc) is 2.85. The Bertz CT molecular complexity index is 658. The van der Waals surface area contributed by atoms with E-state index in [4.69, 9.17) is 4.74 Å². The van der Waals surface area contributed by atoms with E-state index in [2.05, 4.69) is 19.9 Å². The van der Waals surface area contributed by atoms with E-state index in [1.165, 1.54) is 0 Å². The molecule has 0 radical (unpaired) electrons. The normalized spacial score (nSPS) is 44.2. The van der Waals surface area contributed by atoms with Gasteiger partial charge in [0.05, 0.1) is 6.61 Å². The molecule has 24 heavy (non-hydrogen) atoms. The third-order valence-corrected chi connectivity index (χ3v) is 7.63.